The molecule has 0 aromatic rings. The van der Waals surface area contributed by atoms with Crippen molar-refractivity contribution in [3.05, 3.63) is 23.3 Å². The zero-order valence-corrected chi connectivity index (χ0v) is 20.3. The predicted molar refractivity (Wildman–Crippen MR) is 121 cm³/mol. The van der Waals surface area contributed by atoms with E-state index in [1.54, 1.807) is 15.9 Å². The third-order valence-electron chi connectivity index (χ3n) is 5.27. The second kappa shape index (κ2) is 5.91. The molecular formula is C23H38P2. The number of fused-ring (bicyclic) bond motifs is 1. The van der Waals surface area contributed by atoms with Crippen LogP contribution in [0.2, 0.25) is 0 Å². The van der Waals surface area contributed by atoms with Gasteiger partial charge in [0.2, 0.25) is 0 Å². The summed E-state index contributed by atoms with van der Waals surface area (Å²) < 4.78 is 0. The minimum Gasteiger partial charge on any atom is -0.0785 e. The molecule has 0 spiro atoms. The Morgan fingerprint density at radius 2 is 1.24 bits per heavy atom. The van der Waals surface area contributed by atoms with Crippen LogP contribution in [0.3, 0.4) is 0 Å². The average Bonchev–Trinajstić information content (AvgIpc) is 2.74. The van der Waals surface area contributed by atoms with Crippen LogP contribution in [-0.2, 0) is 0 Å². The van der Waals surface area contributed by atoms with Crippen LogP contribution in [0.25, 0.3) is 0 Å². The van der Waals surface area contributed by atoms with Crippen LogP contribution in [0.5, 0.6) is 0 Å². The summed E-state index contributed by atoms with van der Waals surface area (Å²) in [5.41, 5.74) is 3.89. The normalized spacial score (nSPS) is 26.4. The summed E-state index contributed by atoms with van der Waals surface area (Å²) >= 11 is 0. The smallest absolute Gasteiger partial charge is 0.0656 e. The summed E-state index contributed by atoms with van der Waals surface area (Å²) in [5.74, 6) is 0. The molecule has 0 aromatic carbocycles. The number of allylic oxidation sites excluding steroid dienone is 4. The van der Waals surface area contributed by atoms with Crippen LogP contribution in [0.4, 0.5) is 0 Å². The Morgan fingerprint density at radius 1 is 0.720 bits per heavy atom. The molecule has 0 aromatic heterocycles. The van der Waals surface area contributed by atoms with E-state index in [9.17, 15) is 0 Å². The molecule has 1 heterocycles. The predicted octanol–water partition coefficient (Wildman–Crippen LogP) is 7.98. The van der Waals surface area contributed by atoms with Crippen LogP contribution >= 0.6 is 16.4 Å². The second-order valence-electron chi connectivity index (χ2n) is 11.8. The van der Waals surface area contributed by atoms with Crippen molar-refractivity contribution in [2.75, 3.05) is 0 Å². The lowest BCUT2D eigenvalue weighted by Gasteiger charge is -2.46. The maximum atomic E-state index is 2.64. The van der Waals surface area contributed by atoms with Gasteiger partial charge in [0.15, 0.2) is 0 Å². The van der Waals surface area contributed by atoms with Gasteiger partial charge in [-0.25, -0.2) is 0 Å². The van der Waals surface area contributed by atoms with Gasteiger partial charge in [-0.3, -0.25) is 0 Å². The van der Waals surface area contributed by atoms with Crippen molar-refractivity contribution < 1.29 is 0 Å². The Hall–Kier alpha value is -0.180. The first-order chi connectivity index (χ1) is 10.9. The van der Waals surface area contributed by atoms with Gasteiger partial charge in [0, 0.05) is 10.3 Å². The molecule has 0 amide bonds. The fourth-order valence-electron chi connectivity index (χ4n) is 3.37. The van der Waals surface area contributed by atoms with Crippen molar-refractivity contribution in [3.63, 3.8) is 0 Å². The zero-order valence-electron chi connectivity index (χ0n) is 18.5. The van der Waals surface area contributed by atoms with Gasteiger partial charge >= 0.3 is 0 Å². The first-order valence-corrected chi connectivity index (χ1v) is 11.3. The maximum absolute atomic E-state index is 2.64. The summed E-state index contributed by atoms with van der Waals surface area (Å²) in [5, 5.41) is 3.45. The molecule has 25 heavy (non-hydrogen) atoms. The Balaban J connectivity index is 2.87. The Kier molecular flexibility index (Phi) is 4.99. The monoisotopic (exact) mass is 376 g/mol. The fourth-order valence-corrected chi connectivity index (χ4v) is 7.72. The maximum Gasteiger partial charge on any atom is 0.0656 e. The third-order valence-corrected chi connectivity index (χ3v) is 10.0. The van der Waals surface area contributed by atoms with Gasteiger partial charge in [0.1, 0.15) is 0 Å². The molecule has 2 heteroatoms. The molecule has 0 nitrogen and oxygen atoms in total. The fraction of sp³-hybridized carbons (Fsp3) is 0.739. The van der Waals surface area contributed by atoms with Gasteiger partial charge < -0.3 is 0 Å². The molecule has 2 rings (SSSR count). The first-order valence-electron chi connectivity index (χ1n) is 9.55. The molecule has 0 bridgehead atoms. The van der Waals surface area contributed by atoms with Crippen LogP contribution in [-0.4, -0.2) is 15.5 Å². The van der Waals surface area contributed by atoms with Crippen molar-refractivity contribution in [2.45, 2.75) is 88.2 Å². The molecule has 0 fully saturated rings. The summed E-state index contributed by atoms with van der Waals surface area (Å²) in [6, 6.07) is 0. The van der Waals surface area contributed by atoms with Crippen molar-refractivity contribution in [2.24, 2.45) is 21.7 Å². The zero-order chi connectivity index (χ0) is 19.6. The van der Waals surface area contributed by atoms with Crippen molar-refractivity contribution in [1.29, 1.82) is 0 Å². The van der Waals surface area contributed by atoms with Crippen molar-refractivity contribution in [3.8, 4) is 0 Å². The summed E-state index contributed by atoms with van der Waals surface area (Å²) in [6.45, 7) is 28.7. The lowest BCUT2D eigenvalue weighted by molar-refractivity contribution is 0.379. The number of hydrogen-bond donors (Lipinski definition) is 0. The van der Waals surface area contributed by atoms with E-state index in [0.29, 0.717) is 0 Å². The Labute approximate surface area is 160 Å². The summed E-state index contributed by atoms with van der Waals surface area (Å²) in [7, 11) is 2.99. The summed E-state index contributed by atoms with van der Waals surface area (Å²) in [4.78, 5) is 0. The van der Waals surface area contributed by atoms with Gasteiger partial charge in [-0.1, -0.05) is 112 Å². The van der Waals surface area contributed by atoms with Crippen molar-refractivity contribution >= 4 is 26.7 Å². The molecule has 1 aliphatic carbocycles. The van der Waals surface area contributed by atoms with E-state index in [1.165, 1.54) is 22.0 Å². The second-order valence-corrected chi connectivity index (χ2v) is 14.7. The highest BCUT2D eigenvalue weighted by molar-refractivity contribution is 7.79. The highest BCUT2D eigenvalue weighted by Gasteiger charge is 2.51. The van der Waals surface area contributed by atoms with Crippen LogP contribution in [0, 0.1) is 21.7 Å². The number of hydrogen-bond acceptors (Lipinski definition) is 0. The minimum absolute atomic E-state index is 0.122. The van der Waals surface area contributed by atoms with Gasteiger partial charge in [-0.15, -0.1) is 0 Å². The average molecular weight is 377 g/mol. The summed E-state index contributed by atoms with van der Waals surface area (Å²) in [6.07, 6.45) is 5.16. The molecule has 0 N–H and O–H groups in total. The Bertz CT molecular complexity index is 686. The lowest BCUT2D eigenvalue weighted by Crippen LogP contribution is -2.46. The Morgan fingerprint density at radius 3 is 1.60 bits per heavy atom. The topological polar surface area (TPSA) is 0 Å². The van der Waals surface area contributed by atoms with E-state index in [4.69, 9.17) is 0 Å². The lowest BCUT2D eigenvalue weighted by atomic mass is 9.65. The van der Waals surface area contributed by atoms with E-state index in [2.05, 4.69) is 95.2 Å². The van der Waals surface area contributed by atoms with E-state index in [1.807, 2.05) is 0 Å². The SMILES string of the molecule is CC(C)(C)C1=C[C@@]2(C(C)(C)C)P=C(C(C)(C)C)P=C2C(C(C)(C)C)=C1. The minimum atomic E-state index is 0.122. The molecule has 1 aliphatic heterocycles. The van der Waals surface area contributed by atoms with E-state index in [0.717, 1.165) is 0 Å². The quantitative estimate of drug-likeness (QED) is 0.376. The van der Waals surface area contributed by atoms with Gasteiger partial charge in [-0.2, -0.15) is 0 Å². The molecule has 0 saturated carbocycles. The van der Waals surface area contributed by atoms with Crippen LogP contribution in [0.15, 0.2) is 23.3 Å². The van der Waals surface area contributed by atoms with E-state index >= 15 is 0 Å². The molecule has 140 valence electrons. The third kappa shape index (κ3) is 3.77. The molecule has 2 aliphatic rings. The molecule has 0 saturated heterocycles. The molecule has 1 atom stereocenters. The van der Waals surface area contributed by atoms with Crippen LogP contribution < -0.4 is 0 Å². The molecular weight excluding hydrogens is 338 g/mol. The molecule has 0 radical (unpaired) electrons. The standard InChI is InChI=1S/C23H38P2/c1-19(2,3)15-13-16(20(4,5)6)17-23(14-15,22(10,11)12)25-18(24-17)21(7,8)9/h13-14H,1-12H3/t23-/m1/s1. The van der Waals surface area contributed by atoms with Gasteiger partial charge in [0.25, 0.3) is 0 Å². The van der Waals surface area contributed by atoms with Gasteiger partial charge in [0.05, 0.1) is 5.16 Å². The highest BCUT2D eigenvalue weighted by atomic mass is 31.1. The number of rotatable bonds is 0. The first kappa shape index (κ1) is 21.1. The van der Waals surface area contributed by atoms with Crippen molar-refractivity contribution in [1.82, 2.24) is 0 Å². The van der Waals surface area contributed by atoms with E-state index in [-0.39, 0.29) is 26.8 Å². The van der Waals surface area contributed by atoms with Crippen LogP contribution in [0.1, 0.15) is 83.1 Å². The largest absolute Gasteiger partial charge is 0.0785 e. The van der Waals surface area contributed by atoms with E-state index < -0.39 is 0 Å². The van der Waals surface area contributed by atoms with Gasteiger partial charge in [-0.05, 0) is 32.8 Å². The highest BCUT2D eigenvalue weighted by Crippen LogP contribution is 2.59. The molecule has 0 unspecified atom stereocenters.